The van der Waals surface area contributed by atoms with Crippen molar-refractivity contribution >= 4 is 38.6 Å². The minimum Gasteiger partial charge on any atom is -0.465 e. The number of phosphoric ester groups is 2. The van der Waals surface area contributed by atoms with Crippen LogP contribution in [0.15, 0.2) is 37.2 Å². The van der Waals surface area contributed by atoms with Gasteiger partial charge in [0, 0.05) is 6.07 Å². The Morgan fingerprint density at radius 1 is 1.00 bits per heavy atom. The molecule has 2 fully saturated rings. The number of rotatable bonds is 11. The number of aromatic nitrogens is 5. The molecular weight excluding hydrogens is 650 g/mol. The third-order valence-corrected chi connectivity index (χ3v) is 9.48. The first-order chi connectivity index (χ1) is 21.2. The summed E-state index contributed by atoms with van der Waals surface area (Å²) in [5, 5.41) is 41.7. The summed E-state index contributed by atoms with van der Waals surface area (Å²) < 4.78 is 56.8. The van der Waals surface area contributed by atoms with Crippen LogP contribution >= 0.6 is 15.6 Å². The van der Waals surface area contributed by atoms with E-state index in [2.05, 4.69) is 24.0 Å². The summed E-state index contributed by atoms with van der Waals surface area (Å²) in [6.45, 7) is -1.79. The SMILES string of the molecule is COC(=O)c1ccc[n+]([C@@H]2O[C@H](COP(=O)(O)OP(=O)(O)OC[C@H]3O[C@@H](n4cnc5c(N)ncnc54)[C@H](O)[C@@H]3O)[C@@H](O)[C@H]2O)c1. The van der Waals surface area contributed by atoms with Crippen LogP contribution in [0.25, 0.3) is 11.2 Å². The minimum atomic E-state index is -5.37. The van der Waals surface area contributed by atoms with Gasteiger partial charge < -0.3 is 50.2 Å². The van der Waals surface area contributed by atoms with Gasteiger partial charge in [0.15, 0.2) is 36.2 Å². The molecule has 8 N–H and O–H groups in total. The van der Waals surface area contributed by atoms with E-state index >= 15 is 0 Å². The van der Waals surface area contributed by atoms with Gasteiger partial charge in [0.05, 0.1) is 26.7 Å². The van der Waals surface area contributed by atoms with E-state index in [-0.39, 0.29) is 22.5 Å². The van der Waals surface area contributed by atoms with Gasteiger partial charge in [0.25, 0.3) is 6.23 Å². The largest absolute Gasteiger partial charge is 0.481 e. The molecule has 5 heterocycles. The van der Waals surface area contributed by atoms with E-state index in [9.17, 15) is 44.1 Å². The number of fused-ring (bicyclic) bond motifs is 1. The lowest BCUT2D eigenvalue weighted by molar-refractivity contribution is -0.765. The number of pyridine rings is 1. The summed E-state index contributed by atoms with van der Waals surface area (Å²) in [6, 6.07) is 2.89. The highest BCUT2D eigenvalue weighted by Crippen LogP contribution is 2.60. The topological polar surface area (TPSA) is 301 Å². The summed E-state index contributed by atoms with van der Waals surface area (Å²) in [6.07, 6.45) is -6.80. The van der Waals surface area contributed by atoms with Crippen molar-refractivity contribution in [2.75, 3.05) is 26.1 Å². The highest BCUT2D eigenvalue weighted by Gasteiger charge is 2.50. The number of imidazole rings is 1. The first-order valence-corrected chi connectivity index (χ1v) is 15.9. The third kappa shape index (κ3) is 7.05. The monoisotopic (exact) mass is 679 g/mol. The fourth-order valence-electron chi connectivity index (χ4n) is 4.67. The second kappa shape index (κ2) is 13.0. The maximum absolute atomic E-state index is 12.4. The van der Waals surface area contributed by atoms with Crippen LogP contribution in [0.4, 0.5) is 5.82 Å². The first kappa shape index (κ1) is 33.4. The van der Waals surface area contributed by atoms with Crippen molar-refractivity contribution in [2.45, 2.75) is 49.1 Å². The van der Waals surface area contributed by atoms with Gasteiger partial charge in [-0.2, -0.15) is 8.88 Å². The molecule has 23 heteroatoms. The molecular formula is C22H29N6O15P2+. The molecule has 3 aromatic rings. The maximum Gasteiger partial charge on any atom is 0.481 e. The Labute approximate surface area is 252 Å². The molecule has 2 aliphatic heterocycles. The van der Waals surface area contributed by atoms with Crippen LogP contribution in [0.1, 0.15) is 22.8 Å². The maximum atomic E-state index is 12.4. The number of hydrogen-bond acceptors (Lipinski definition) is 17. The molecule has 2 saturated heterocycles. The molecule has 0 bridgehead atoms. The molecule has 0 aromatic carbocycles. The smallest absolute Gasteiger partial charge is 0.465 e. The molecule has 246 valence electrons. The number of anilines is 1. The number of carbonyl (C=O) groups excluding carboxylic acids is 1. The Bertz CT molecular complexity index is 1650. The number of nitrogens with two attached hydrogens (primary N) is 1. The molecule has 2 aliphatic rings. The molecule has 21 nitrogen and oxygen atoms in total. The summed E-state index contributed by atoms with van der Waals surface area (Å²) in [4.78, 5) is 43.7. The van der Waals surface area contributed by atoms with Gasteiger partial charge in [-0.15, -0.1) is 0 Å². The highest BCUT2D eigenvalue weighted by atomic mass is 31.3. The second-order valence-corrected chi connectivity index (χ2v) is 12.9. The summed E-state index contributed by atoms with van der Waals surface area (Å²) in [7, 11) is -9.57. The zero-order valence-electron chi connectivity index (χ0n) is 23.1. The van der Waals surface area contributed by atoms with Crippen LogP contribution in [-0.2, 0) is 36.7 Å². The van der Waals surface area contributed by atoms with Crippen LogP contribution in [0.5, 0.6) is 0 Å². The predicted molar refractivity (Wildman–Crippen MR) is 142 cm³/mol. The third-order valence-electron chi connectivity index (χ3n) is 6.88. The van der Waals surface area contributed by atoms with E-state index in [0.29, 0.717) is 0 Å². The van der Waals surface area contributed by atoms with Gasteiger partial charge in [0.2, 0.25) is 0 Å². The number of carbonyl (C=O) groups is 1. The summed E-state index contributed by atoms with van der Waals surface area (Å²) in [5.74, 6) is -0.626. The number of nitrogens with zero attached hydrogens (tertiary/aromatic N) is 5. The van der Waals surface area contributed by atoms with Gasteiger partial charge in [0.1, 0.15) is 47.9 Å². The molecule has 0 amide bonds. The van der Waals surface area contributed by atoms with Crippen LogP contribution in [0.3, 0.4) is 0 Å². The molecule has 3 aromatic heterocycles. The van der Waals surface area contributed by atoms with Gasteiger partial charge in [-0.05, 0) is 6.07 Å². The van der Waals surface area contributed by atoms with Crippen LogP contribution < -0.4 is 10.3 Å². The lowest BCUT2D eigenvalue weighted by Crippen LogP contribution is -2.46. The van der Waals surface area contributed by atoms with Crippen molar-refractivity contribution < 1.29 is 76.3 Å². The zero-order chi connectivity index (χ0) is 32.7. The average Bonchev–Trinajstić information content (AvgIpc) is 3.64. The van der Waals surface area contributed by atoms with Crippen molar-refractivity contribution in [1.29, 1.82) is 0 Å². The summed E-state index contributed by atoms with van der Waals surface area (Å²) >= 11 is 0. The molecule has 5 rings (SSSR count). The van der Waals surface area contributed by atoms with Crippen LogP contribution in [-0.4, -0.2) is 113 Å². The van der Waals surface area contributed by atoms with Gasteiger partial charge in [-0.25, -0.2) is 28.9 Å². The number of hydrogen-bond donors (Lipinski definition) is 7. The van der Waals surface area contributed by atoms with E-state index in [1.54, 1.807) is 0 Å². The average molecular weight is 679 g/mol. The van der Waals surface area contributed by atoms with Crippen molar-refractivity contribution in [2.24, 2.45) is 0 Å². The van der Waals surface area contributed by atoms with E-state index in [1.165, 1.54) is 47.1 Å². The van der Waals surface area contributed by atoms with Crippen molar-refractivity contribution in [3.8, 4) is 0 Å². The number of methoxy groups -OCH3 is 1. The Morgan fingerprint density at radius 2 is 1.64 bits per heavy atom. The molecule has 0 aliphatic carbocycles. The fourth-order valence-corrected chi connectivity index (χ4v) is 6.76. The molecule has 45 heavy (non-hydrogen) atoms. The van der Waals surface area contributed by atoms with E-state index < -0.39 is 83.9 Å². The van der Waals surface area contributed by atoms with Crippen molar-refractivity contribution in [3.63, 3.8) is 0 Å². The molecule has 0 saturated carbocycles. The normalized spacial score (nSPS) is 31.1. The zero-order valence-corrected chi connectivity index (χ0v) is 24.9. The number of nitrogen functional groups attached to an aromatic ring is 1. The summed E-state index contributed by atoms with van der Waals surface area (Å²) in [5.41, 5.74) is 6.22. The van der Waals surface area contributed by atoms with Crippen LogP contribution in [0.2, 0.25) is 0 Å². The number of aliphatic hydroxyl groups is 4. The molecule has 0 spiro atoms. The first-order valence-electron chi connectivity index (χ1n) is 12.9. The molecule has 10 atom stereocenters. The molecule has 0 radical (unpaired) electrons. The van der Waals surface area contributed by atoms with Crippen molar-refractivity contribution in [1.82, 2.24) is 19.5 Å². The van der Waals surface area contributed by atoms with E-state index in [0.717, 1.165) is 6.33 Å². The van der Waals surface area contributed by atoms with Crippen LogP contribution in [0, 0.1) is 0 Å². The molecule has 2 unspecified atom stereocenters. The predicted octanol–water partition coefficient (Wildman–Crippen LogP) is -2.33. The minimum absolute atomic E-state index is 0.0509. The number of ether oxygens (including phenoxy) is 3. The van der Waals surface area contributed by atoms with E-state index in [1.807, 2.05) is 0 Å². The Balaban J connectivity index is 1.16. The standard InChI is InChI=1S/C22H28N6O15P2/c1-38-22(33)10-3-2-4-27(5-10)20-16(31)14(29)11(41-20)6-39-44(34,35)43-45(36,37)40-7-12-15(30)17(32)21(42-12)28-9-26-13-18(23)24-8-25-19(13)28/h2-5,8-9,11-12,14-17,20-21,29-32H,6-7H2,1H3,(H3-,23,24,25,34,35,36,37)/p+1/t11-,12-,14-,15-,16-,17-,20-,21-/m1/s1. The second-order valence-electron chi connectivity index (χ2n) is 9.82. The van der Waals surface area contributed by atoms with E-state index in [4.69, 9.17) is 24.3 Å². The van der Waals surface area contributed by atoms with Gasteiger partial charge >= 0.3 is 21.6 Å². The number of phosphoric acid groups is 2. The highest BCUT2D eigenvalue weighted by molar-refractivity contribution is 7.61. The number of aliphatic hydroxyl groups excluding tert-OH is 4. The quantitative estimate of drug-likeness (QED) is 0.0635. The Morgan fingerprint density at radius 3 is 2.31 bits per heavy atom. The fraction of sp³-hybridized carbons (Fsp3) is 0.500. The van der Waals surface area contributed by atoms with Crippen molar-refractivity contribution in [3.05, 3.63) is 42.7 Å². The lowest BCUT2D eigenvalue weighted by atomic mass is 10.1. The number of esters is 1. The Kier molecular flexibility index (Phi) is 9.64. The lowest BCUT2D eigenvalue weighted by Gasteiger charge is -2.20. The van der Waals surface area contributed by atoms with Gasteiger partial charge in [-0.3, -0.25) is 13.6 Å². The Hall–Kier alpha value is -3.01. The van der Waals surface area contributed by atoms with Gasteiger partial charge in [-0.1, -0.05) is 0 Å².